The minimum Gasteiger partial charge on any atom is -0.444 e. The van der Waals surface area contributed by atoms with Crippen LogP contribution in [0.2, 0.25) is 0 Å². The van der Waals surface area contributed by atoms with E-state index in [0.717, 1.165) is 19.3 Å². The van der Waals surface area contributed by atoms with Crippen LogP contribution in [0.4, 0.5) is 4.79 Å². The van der Waals surface area contributed by atoms with Gasteiger partial charge in [-0.1, -0.05) is 13.8 Å². The molecule has 0 spiro atoms. The Kier molecular flexibility index (Phi) is 7.52. The fourth-order valence-electron chi connectivity index (χ4n) is 2.88. The van der Waals surface area contributed by atoms with Gasteiger partial charge in [-0.2, -0.15) is 0 Å². The van der Waals surface area contributed by atoms with Gasteiger partial charge in [0.2, 0.25) is 5.91 Å². The van der Waals surface area contributed by atoms with Crippen LogP contribution in [0.15, 0.2) is 0 Å². The van der Waals surface area contributed by atoms with E-state index in [1.165, 1.54) is 0 Å². The molecule has 6 heteroatoms. The van der Waals surface area contributed by atoms with Gasteiger partial charge < -0.3 is 20.3 Å². The van der Waals surface area contributed by atoms with Crippen molar-refractivity contribution >= 4 is 12.0 Å². The molecule has 1 aliphatic rings. The van der Waals surface area contributed by atoms with Crippen LogP contribution in [0.3, 0.4) is 0 Å². The first-order chi connectivity index (χ1) is 11.1. The molecule has 6 nitrogen and oxygen atoms in total. The molecule has 1 heterocycles. The van der Waals surface area contributed by atoms with Crippen molar-refractivity contribution in [1.82, 2.24) is 9.80 Å². The largest absolute Gasteiger partial charge is 0.444 e. The molecule has 140 valence electrons. The lowest BCUT2D eigenvalue weighted by molar-refractivity contribution is -0.134. The Morgan fingerprint density at radius 2 is 1.92 bits per heavy atom. The minimum atomic E-state index is -0.515. The van der Waals surface area contributed by atoms with Crippen molar-refractivity contribution in [3.05, 3.63) is 0 Å². The van der Waals surface area contributed by atoms with Gasteiger partial charge >= 0.3 is 6.09 Å². The van der Waals surface area contributed by atoms with Crippen molar-refractivity contribution in [2.75, 3.05) is 19.6 Å². The summed E-state index contributed by atoms with van der Waals surface area (Å²) >= 11 is 0. The van der Waals surface area contributed by atoms with E-state index in [-0.39, 0.29) is 24.0 Å². The third-order valence-electron chi connectivity index (χ3n) is 4.38. The second-order valence-electron chi connectivity index (χ2n) is 7.97. The van der Waals surface area contributed by atoms with E-state index >= 15 is 0 Å². The molecule has 0 bridgehead atoms. The number of nitrogens with zero attached hydrogens (tertiary/aromatic N) is 2. The molecule has 2 amide bonds. The maximum atomic E-state index is 12.6. The van der Waals surface area contributed by atoms with Gasteiger partial charge in [-0.05, 0) is 52.9 Å². The van der Waals surface area contributed by atoms with Crippen LogP contribution in [0.5, 0.6) is 0 Å². The van der Waals surface area contributed by atoms with Gasteiger partial charge in [0, 0.05) is 19.6 Å². The molecule has 0 saturated carbocycles. The fourth-order valence-corrected chi connectivity index (χ4v) is 2.88. The van der Waals surface area contributed by atoms with Crippen molar-refractivity contribution in [3.8, 4) is 0 Å². The molecule has 1 fully saturated rings. The monoisotopic (exact) mass is 341 g/mol. The Morgan fingerprint density at radius 3 is 2.42 bits per heavy atom. The van der Waals surface area contributed by atoms with Crippen LogP contribution < -0.4 is 5.73 Å². The summed E-state index contributed by atoms with van der Waals surface area (Å²) in [7, 11) is 0. The SMILES string of the molecule is CCN(C[C@@H]1CCCCN1C(=O)OC(C)(C)C)C(=O)[C@@H](N)C(C)C. The molecule has 0 aromatic carbocycles. The summed E-state index contributed by atoms with van der Waals surface area (Å²) in [6, 6.07) is -0.500. The lowest BCUT2D eigenvalue weighted by atomic mass is 10.0. The number of piperidine rings is 1. The summed E-state index contributed by atoms with van der Waals surface area (Å²) in [5.74, 6) is 0.0575. The highest BCUT2D eigenvalue weighted by Crippen LogP contribution is 2.21. The highest BCUT2D eigenvalue weighted by Gasteiger charge is 2.33. The summed E-state index contributed by atoms with van der Waals surface area (Å²) in [6.45, 7) is 13.3. The number of hydrogen-bond acceptors (Lipinski definition) is 4. The van der Waals surface area contributed by atoms with Crippen LogP contribution >= 0.6 is 0 Å². The van der Waals surface area contributed by atoms with Crippen molar-refractivity contribution in [2.24, 2.45) is 11.7 Å². The van der Waals surface area contributed by atoms with Crippen LogP contribution in [0.1, 0.15) is 60.8 Å². The number of nitrogens with two attached hydrogens (primary N) is 1. The fraction of sp³-hybridized carbons (Fsp3) is 0.889. The van der Waals surface area contributed by atoms with Crippen molar-refractivity contribution in [1.29, 1.82) is 0 Å². The number of likely N-dealkylation sites (N-methyl/N-ethyl adjacent to an activating group) is 1. The summed E-state index contributed by atoms with van der Waals surface area (Å²) in [5, 5.41) is 0. The number of carbonyl (C=O) groups excluding carboxylic acids is 2. The molecular weight excluding hydrogens is 306 g/mol. The first kappa shape index (κ1) is 20.7. The van der Waals surface area contributed by atoms with Crippen molar-refractivity contribution in [2.45, 2.75) is 78.5 Å². The van der Waals surface area contributed by atoms with E-state index in [1.54, 1.807) is 9.80 Å². The first-order valence-corrected chi connectivity index (χ1v) is 9.10. The van der Waals surface area contributed by atoms with E-state index in [2.05, 4.69) is 0 Å². The van der Waals surface area contributed by atoms with Gasteiger partial charge in [0.15, 0.2) is 0 Å². The van der Waals surface area contributed by atoms with Crippen LogP contribution in [0, 0.1) is 5.92 Å². The lowest BCUT2D eigenvalue weighted by Crippen LogP contribution is -2.54. The quantitative estimate of drug-likeness (QED) is 0.834. The Labute approximate surface area is 146 Å². The smallest absolute Gasteiger partial charge is 0.410 e. The van der Waals surface area contributed by atoms with E-state index in [4.69, 9.17) is 10.5 Å². The standard InChI is InChI=1S/C18H35N3O3/c1-7-20(16(22)15(19)13(2)3)12-14-10-8-9-11-21(14)17(23)24-18(4,5)6/h13-15H,7-12,19H2,1-6H3/t14-,15-/m0/s1. The second-order valence-corrected chi connectivity index (χ2v) is 7.97. The molecule has 0 radical (unpaired) electrons. The molecule has 2 atom stereocenters. The third-order valence-corrected chi connectivity index (χ3v) is 4.38. The van der Waals surface area contributed by atoms with Gasteiger partial charge in [-0.3, -0.25) is 4.79 Å². The van der Waals surface area contributed by atoms with Crippen molar-refractivity contribution in [3.63, 3.8) is 0 Å². The number of likely N-dealkylation sites (tertiary alicyclic amines) is 1. The molecule has 24 heavy (non-hydrogen) atoms. The zero-order chi connectivity index (χ0) is 18.5. The molecule has 1 aliphatic heterocycles. The van der Waals surface area contributed by atoms with Gasteiger partial charge in [0.1, 0.15) is 5.60 Å². The second kappa shape index (κ2) is 8.70. The highest BCUT2D eigenvalue weighted by atomic mass is 16.6. The summed E-state index contributed by atoms with van der Waals surface area (Å²) < 4.78 is 5.53. The Bertz CT molecular complexity index is 432. The van der Waals surface area contributed by atoms with Crippen LogP contribution in [-0.4, -0.2) is 59.1 Å². The van der Waals surface area contributed by atoms with Gasteiger partial charge in [-0.15, -0.1) is 0 Å². The topological polar surface area (TPSA) is 75.9 Å². The Balaban J connectivity index is 2.80. The van der Waals surface area contributed by atoms with Gasteiger partial charge in [-0.25, -0.2) is 4.79 Å². The number of ether oxygens (including phenoxy) is 1. The molecule has 2 N–H and O–H groups in total. The van der Waals surface area contributed by atoms with E-state index < -0.39 is 11.6 Å². The average Bonchev–Trinajstić information content (AvgIpc) is 2.49. The number of rotatable bonds is 5. The molecule has 1 saturated heterocycles. The van der Waals surface area contributed by atoms with E-state index in [1.807, 2.05) is 41.5 Å². The normalized spacial score (nSPS) is 20.0. The van der Waals surface area contributed by atoms with E-state index in [0.29, 0.717) is 19.6 Å². The van der Waals surface area contributed by atoms with Crippen LogP contribution in [-0.2, 0) is 9.53 Å². The predicted octanol–water partition coefficient (Wildman–Crippen LogP) is 2.61. The third kappa shape index (κ3) is 5.96. The Morgan fingerprint density at radius 1 is 1.29 bits per heavy atom. The minimum absolute atomic E-state index is 0.00291. The van der Waals surface area contributed by atoms with Gasteiger partial charge in [0.05, 0.1) is 12.1 Å². The Hall–Kier alpha value is -1.30. The zero-order valence-electron chi connectivity index (χ0n) is 16.2. The van der Waals surface area contributed by atoms with E-state index in [9.17, 15) is 9.59 Å². The molecule has 0 aromatic rings. The van der Waals surface area contributed by atoms with Gasteiger partial charge in [0.25, 0.3) is 0 Å². The number of amides is 2. The van der Waals surface area contributed by atoms with Crippen LogP contribution in [0.25, 0.3) is 0 Å². The summed E-state index contributed by atoms with van der Waals surface area (Å²) in [4.78, 5) is 28.6. The number of carbonyl (C=O) groups is 2. The molecule has 0 aromatic heterocycles. The lowest BCUT2D eigenvalue weighted by Gasteiger charge is -2.39. The molecule has 1 rings (SSSR count). The predicted molar refractivity (Wildman–Crippen MR) is 95.6 cm³/mol. The summed E-state index contributed by atoms with van der Waals surface area (Å²) in [6.07, 6.45) is 2.64. The summed E-state index contributed by atoms with van der Waals surface area (Å²) in [5.41, 5.74) is 5.51. The maximum absolute atomic E-state index is 12.6. The molecular formula is C18H35N3O3. The maximum Gasteiger partial charge on any atom is 0.410 e. The molecule has 0 unspecified atom stereocenters. The average molecular weight is 341 g/mol. The molecule has 0 aliphatic carbocycles. The first-order valence-electron chi connectivity index (χ1n) is 9.10. The van der Waals surface area contributed by atoms with Crippen molar-refractivity contribution < 1.29 is 14.3 Å². The number of hydrogen-bond donors (Lipinski definition) is 1. The zero-order valence-corrected chi connectivity index (χ0v) is 16.2. The highest BCUT2D eigenvalue weighted by molar-refractivity contribution is 5.82.